The zero-order valence-corrected chi connectivity index (χ0v) is 9.81. The molecule has 2 aromatic rings. The van der Waals surface area contributed by atoms with Crippen LogP contribution in [0.1, 0.15) is 22.0 Å². The number of hydrogen-bond donors (Lipinski definition) is 1. The van der Waals surface area contributed by atoms with Gasteiger partial charge in [-0.3, -0.25) is 9.59 Å². The molecule has 1 unspecified atom stereocenters. The Hall–Kier alpha value is -2.63. The highest BCUT2D eigenvalue weighted by Gasteiger charge is 2.37. The summed E-state index contributed by atoms with van der Waals surface area (Å²) < 4.78 is 4.64. The Bertz CT molecular complexity index is 636. The van der Waals surface area contributed by atoms with Gasteiger partial charge in [0, 0.05) is 18.3 Å². The molecule has 0 radical (unpaired) electrons. The Balaban J connectivity index is 2.01. The van der Waals surface area contributed by atoms with Crippen molar-refractivity contribution in [1.82, 2.24) is 5.16 Å². The molecule has 19 heavy (non-hydrogen) atoms. The summed E-state index contributed by atoms with van der Waals surface area (Å²) >= 11 is 0. The first-order chi connectivity index (χ1) is 9.18. The number of rotatable bonds is 2. The second kappa shape index (κ2) is 4.24. The van der Waals surface area contributed by atoms with Crippen molar-refractivity contribution in [3.63, 3.8) is 0 Å². The van der Waals surface area contributed by atoms with Crippen LogP contribution in [-0.2, 0) is 4.79 Å². The lowest BCUT2D eigenvalue weighted by Gasteiger charge is -2.15. The van der Waals surface area contributed by atoms with Crippen LogP contribution in [0, 0.1) is 0 Å². The largest absolute Gasteiger partial charge is 0.481 e. The number of benzene rings is 1. The Kier molecular flexibility index (Phi) is 2.56. The van der Waals surface area contributed by atoms with Gasteiger partial charge in [0.15, 0.2) is 5.69 Å². The van der Waals surface area contributed by atoms with Crippen LogP contribution in [0.5, 0.6) is 0 Å². The monoisotopic (exact) mass is 258 g/mol. The third-order valence-electron chi connectivity index (χ3n) is 3.17. The molecule has 1 aromatic carbocycles. The third kappa shape index (κ3) is 1.77. The fourth-order valence-corrected chi connectivity index (χ4v) is 2.27. The summed E-state index contributed by atoms with van der Waals surface area (Å²) in [7, 11) is 0. The maximum atomic E-state index is 12.2. The second-order valence-electron chi connectivity index (χ2n) is 4.25. The van der Waals surface area contributed by atoms with Crippen LogP contribution in [0.2, 0.25) is 0 Å². The number of amides is 1. The molecule has 6 heteroatoms. The summed E-state index contributed by atoms with van der Waals surface area (Å²) in [4.78, 5) is 24.9. The zero-order chi connectivity index (χ0) is 13.4. The van der Waals surface area contributed by atoms with Crippen LogP contribution in [0.15, 0.2) is 41.1 Å². The highest BCUT2D eigenvalue weighted by Crippen LogP contribution is 2.36. The van der Waals surface area contributed by atoms with E-state index in [9.17, 15) is 14.7 Å². The van der Waals surface area contributed by atoms with Crippen molar-refractivity contribution in [2.24, 2.45) is 0 Å². The lowest BCUT2D eigenvalue weighted by Crippen LogP contribution is -2.31. The summed E-state index contributed by atoms with van der Waals surface area (Å²) in [6.07, 6.45) is 1.31. The van der Waals surface area contributed by atoms with E-state index >= 15 is 0 Å². The number of carbonyl (C=O) groups excluding carboxylic acids is 1. The molecule has 1 atom stereocenters. The number of aliphatic carboxylic acids is 1. The topological polar surface area (TPSA) is 83.6 Å². The SMILES string of the molecule is O=C(O)C1CN(C(=O)c2ccon2)c2ccccc21. The number of carboxylic acids is 1. The van der Waals surface area contributed by atoms with Crippen LogP contribution in [0.3, 0.4) is 0 Å². The minimum atomic E-state index is -0.942. The summed E-state index contributed by atoms with van der Waals surface area (Å²) in [6, 6.07) is 8.45. The molecule has 0 saturated carbocycles. The molecule has 0 spiro atoms. The molecule has 1 N–H and O–H groups in total. The molecule has 1 amide bonds. The molecule has 1 aliphatic heterocycles. The number of nitrogens with zero attached hydrogens (tertiary/aromatic N) is 2. The minimum absolute atomic E-state index is 0.111. The van der Waals surface area contributed by atoms with Gasteiger partial charge in [-0.25, -0.2) is 0 Å². The van der Waals surface area contributed by atoms with E-state index in [1.807, 2.05) is 0 Å². The van der Waals surface area contributed by atoms with Crippen molar-refractivity contribution in [2.45, 2.75) is 5.92 Å². The van der Waals surface area contributed by atoms with Crippen LogP contribution in [-0.4, -0.2) is 28.7 Å². The molecule has 2 heterocycles. The van der Waals surface area contributed by atoms with E-state index in [0.29, 0.717) is 11.3 Å². The molecule has 1 aliphatic rings. The van der Waals surface area contributed by atoms with E-state index in [4.69, 9.17) is 0 Å². The Morgan fingerprint density at radius 2 is 2.11 bits per heavy atom. The molecule has 0 fully saturated rings. The number of para-hydroxylation sites is 1. The van der Waals surface area contributed by atoms with Crippen LogP contribution < -0.4 is 4.90 Å². The van der Waals surface area contributed by atoms with Crippen LogP contribution >= 0.6 is 0 Å². The molecular formula is C13H10N2O4. The van der Waals surface area contributed by atoms with Crippen molar-refractivity contribution >= 4 is 17.6 Å². The summed E-state index contributed by atoms with van der Waals surface area (Å²) in [5.41, 5.74) is 1.43. The number of anilines is 1. The zero-order valence-electron chi connectivity index (χ0n) is 9.81. The van der Waals surface area contributed by atoms with Crippen molar-refractivity contribution < 1.29 is 19.2 Å². The number of hydrogen-bond acceptors (Lipinski definition) is 4. The van der Waals surface area contributed by atoms with E-state index in [2.05, 4.69) is 9.68 Å². The number of carboxylic acid groups (broad SMARTS) is 1. The second-order valence-corrected chi connectivity index (χ2v) is 4.25. The number of carbonyl (C=O) groups is 2. The first-order valence-electron chi connectivity index (χ1n) is 5.72. The quantitative estimate of drug-likeness (QED) is 0.882. The number of aromatic nitrogens is 1. The third-order valence-corrected chi connectivity index (χ3v) is 3.17. The highest BCUT2D eigenvalue weighted by atomic mass is 16.5. The maximum absolute atomic E-state index is 12.2. The van der Waals surface area contributed by atoms with Crippen molar-refractivity contribution in [3.05, 3.63) is 47.9 Å². The standard InChI is InChI=1S/C13H10N2O4/c16-12(10-5-6-19-14-10)15-7-9(13(17)18)8-3-1-2-4-11(8)15/h1-6,9H,7H2,(H,17,18). The molecule has 96 valence electrons. The van der Waals surface area contributed by atoms with E-state index < -0.39 is 11.9 Å². The predicted molar refractivity (Wildman–Crippen MR) is 65.0 cm³/mol. The van der Waals surface area contributed by atoms with Crippen molar-refractivity contribution in [2.75, 3.05) is 11.4 Å². The molecule has 6 nitrogen and oxygen atoms in total. The molecule has 0 bridgehead atoms. The summed E-state index contributed by atoms with van der Waals surface area (Å²) in [5, 5.41) is 12.8. The molecule has 3 rings (SSSR count). The van der Waals surface area contributed by atoms with Gasteiger partial charge in [-0.1, -0.05) is 23.4 Å². The van der Waals surface area contributed by atoms with E-state index in [-0.39, 0.29) is 18.1 Å². The van der Waals surface area contributed by atoms with Gasteiger partial charge in [0.05, 0.1) is 0 Å². The molecule has 0 aliphatic carbocycles. The average Bonchev–Trinajstić information content (AvgIpc) is 3.05. The lowest BCUT2D eigenvalue weighted by atomic mass is 10.0. The normalized spacial score (nSPS) is 17.3. The van der Waals surface area contributed by atoms with Gasteiger partial charge in [0.2, 0.25) is 0 Å². The fourth-order valence-electron chi connectivity index (χ4n) is 2.27. The van der Waals surface area contributed by atoms with Crippen LogP contribution in [0.4, 0.5) is 5.69 Å². The Morgan fingerprint density at radius 1 is 1.32 bits per heavy atom. The van der Waals surface area contributed by atoms with Gasteiger partial charge < -0.3 is 14.5 Å². The minimum Gasteiger partial charge on any atom is -0.481 e. The molecule has 1 aromatic heterocycles. The first kappa shape index (κ1) is 11.5. The molecular weight excluding hydrogens is 248 g/mol. The lowest BCUT2D eigenvalue weighted by molar-refractivity contribution is -0.138. The smallest absolute Gasteiger partial charge is 0.312 e. The van der Waals surface area contributed by atoms with E-state index in [1.54, 1.807) is 24.3 Å². The van der Waals surface area contributed by atoms with Gasteiger partial charge in [0.1, 0.15) is 12.2 Å². The van der Waals surface area contributed by atoms with Gasteiger partial charge in [-0.2, -0.15) is 0 Å². The summed E-state index contributed by atoms with van der Waals surface area (Å²) in [5.74, 6) is -2.00. The van der Waals surface area contributed by atoms with Gasteiger partial charge >= 0.3 is 5.97 Å². The van der Waals surface area contributed by atoms with E-state index in [0.717, 1.165) is 0 Å². The van der Waals surface area contributed by atoms with Crippen molar-refractivity contribution in [3.8, 4) is 0 Å². The summed E-state index contributed by atoms with van der Waals surface area (Å²) in [6.45, 7) is 0.111. The van der Waals surface area contributed by atoms with Gasteiger partial charge in [-0.05, 0) is 11.6 Å². The molecule has 0 saturated heterocycles. The van der Waals surface area contributed by atoms with Crippen LogP contribution in [0.25, 0.3) is 0 Å². The Labute approximate surface area is 108 Å². The Morgan fingerprint density at radius 3 is 2.79 bits per heavy atom. The average molecular weight is 258 g/mol. The highest BCUT2D eigenvalue weighted by molar-refractivity contribution is 6.07. The van der Waals surface area contributed by atoms with Crippen molar-refractivity contribution in [1.29, 1.82) is 0 Å². The fraction of sp³-hybridized carbons (Fsp3) is 0.154. The predicted octanol–water partition coefficient (Wildman–Crippen LogP) is 1.50. The number of fused-ring (bicyclic) bond motifs is 1. The van der Waals surface area contributed by atoms with Gasteiger partial charge in [0.25, 0.3) is 5.91 Å². The maximum Gasteiger partial charge on any atom is 0.312 e. The first-order valence-corrected chi connectivity index (χ1v) is 5.72. The van der Waals surface area contributed by atoms with E-state index in [1.165, 1.54) is 17.2 Å². The van der Waals surface area contributed by atoms with Gasteiger partial charge in [-0.15, -0.1) is 0 Å².